The third-order valence-corrected chi connectivity index (χ3v) is 5.98. The largest absolute Gasteiger partial charge is 0.454 e. The van der Waals surface area contributed by atoms with Crippen molar-refractivity contribution in [2.45, 2.75) is 6.92 Å². The number of aryl methyl sites for hydroxylation is 1. The van der Waals surface area contributed by atoms with E-state index in [2.05, 4.69) is 82.6 Å². The maximum atomic E-state index is 6.35. The van der Waals surface area contributed by atoms with Crippen LogP contribution in [-0.2, 0) is 0 Å². The van der Waals surface area contributed by atoms with Crippen molar-refractivity contribution in [3.63, 3.8) is 0 Å². The van der Waals surface area contributed by atoms with E-state index in [-0.39, 0.29) is 0 Å². The highest BCUT2D eigenvalue weighted by Gasteiger charge is 2.20. The molecule has 7 aromatic rings. The molecular formula is C26H17N3O. The van der Waals surface area contributed by atoms with Gasteiger partial charge in [0, 0.05) is 10.8 Å². The van der Waals surface area contributed by atoms with Gasteiger partial charge in [-0.25, -0.2) is 4.98 Å². The molecule has 0 amide bonds. The number of nitrogens with zero attached hydrogens (tertiary/aromatic N) is 3. The number of imidazole rings is 2. The molecule has 7 rings (SSSR count). The summed E-state index contributed by atoms with van der Waals surface area (Å²) < 4.78 is 10.8. The fourth-order valence-corrected chi connectivity index (χ4v) is 4.66. The van der Waals surface area contributed by atoms with Gasteiger partial charge in [0.15, 0.2) is 5.58 Å². The molecule has 3 heterocycles. The van der Waals surface area contributed by atoms with Gasteiger partial charge in [-0.3, -0.25) is 8.97 Å². The average Bonchev–Trinajstić information content (AvgIpc) is 3.42. The van der Waals surface area contributed by atoms with Crippen molar-refractivity contribution in [2.24, 2.45) is 0 Å². The Morgan fingerprint density at radius 1 is 0.733 bits per heavy atom. The maximum Gasteiger partial charge on any atom is 0.220 e. The van der Waals surface area contributed by atoms with Gasteiger partial charge < -0.3 is 4.42 Å². The number of benzene rings is 4. The first kappa shape index (κ1) is 15.8. The van der Waals surface area contributed by atoms with E-state index in [1.807, 2.05) is 18.2 Å². The van der Waals surface area contributed by atoms with Crippen molar-refractivity contribution in [2.75, 3.05) is 0 Å². The number of fused-ring (bicyclic) bond motifs is 8. The van der Waals surface area contributed by atoms with E-state index in [4.69, 9.17) is 9.40 Å². The molecule has 0 fully saturated rings. The summed E-state index contributed by atoms with van der Waals surface area (Å²) in [5.41, 5.74) is 8.36. The van der Waals surface area contributed by atoms with Crippen LogP contribution >= 0.6 is 0 Å². The highest BCUT2D eigenvalue weighted by atomic mass is 16.3. The summed E-state index contributed by atoms with van der Waals surface area (Å²) >= 11 is 0. The van der Waals surface area contributed by atoms with Gasteiger partial charge in [0.2, 0.25) is 5.78 Å². The summed E-state index contributed by atoms with van der Waals surface area (Å²) in [4.78, 5) is 5.00. The van der Waals surface area contributed by atoms with E-state index in [9.17, 15) is 0 Å². The number of hydrogen-bond donors (Lipinski definition) is 0. The third-order valence-electron chi connectivity index (χ3n) is 5.98. The molecule has 0 bridgehead atoms. The molecule has 4 heteroatoms. The molecule has 0 saturated carbocycles. The zero-order valence-corrected chi connectivity index (χ0v) is 16.3. The molecule has 0 N–H and O–H groups in total. The van der Waals surface area contributed by atoms with Gasteiger partial charge in [0.05, 0.1) is 27.8 Å². The lowest BCUT2D eigenvalue weighted by atomic mass is 10.1. The van der Waals surface area contributed by atoms with Crippen LogP contribution < -0.4 is 0 Å². The van der Waals surface area contributed by atoms with Gasteiger partial charge in [0.1, 0.15) is 5.58 Å². The molecule has 0 aliphatic heterocycles. The molecule has 4 aromatic carbocycles. The van der Waals surface area contributed by atoms with E-state index >= 15 is 0 Å². The summed E-state index contributed by atoms with van der Waals surface area (Å²) in [6.07, 6.45) is 0. The lowest BCUT2D eigenvalue weighted by molar-refractivity contribution is 0.666. The van der Waals surface area contributed by atoms with Crippen molar-refractivity contribution < 1.29 is 4.42 Å². The van der Waals surface area contributed by atoms with Crippen LogP contribution in [0, 0.1) is 6.92 Å². The minimum atomic E-state index is 0.880. The lowest BCUT2D eigenvalue weighted by Crippen LogP contribution is -1.95. The van der Waals surface area contributed by atoms with Crippen LogP contribution in [-0.4, -0.2) is 14.0 Å². The smallest absolute Gasteiger partial charge is 0.220 e. The van der Waals surface area contributed by atoms with Gasteiger partial charge in [0.25, 0.3) is 0 Å². The highest BCUT2D eigenvalue weighted by Crippen LogP contribution is 2.36. The predicted octanol–water partition coefficient (Wildman–Crippen LogP) is 6.64. The quantitative estimate of drug-likeness (QED) is 0.316. The molecule has 0 unspecified atom stereocenters. The van der Waals surface area contributed by atoms with E-state index in [1.54, 1.807) is 0 Å². The van der Waals surface area contributed by atoms with Crippen LogP contribution in [0.3, 0.4) is 0 Å². The lowest BCUT2D eigenvalue weighted by Gasteiger charge is -2.06. The van der Waals surface area contributed by atoms with Crippen LogP contribution in [0.4, 0.5) is 0 Å². The molecule has 0 spiro atoms. The van der Waals surface area contributed by atoms with Gasteiger partial charge in [-0.2, -0.15) is 0 Å². The van der Waals surface area contributed by atoms with Crippen LogP contribution in [0.15, 0.2) is 89.3 Å². The topological polar surface area (TPSA) is 35.4 Å². The van der Waals surface area contributed by atoms with E-state index in [1.165, 1.54) is 5.56 Å². The Hall–Kier alpha value is -4.05. The monoisotopic (exact) mass is 387 g/mol. The highest BCUT2D eigenvalue weighted by molar-refractivity contribution is 6.08. The first-order valence-corrected chi connectivity index (χ1v) is 10.1. The summed E-state index contributed by atoms with van der Waals surface area (Å²) in [5.74, 6) is 0.893. The number of rotatable bonds is 1. The van der Waals surface area contributed by atoms with E-state index in [0.29, 0.717) is 0 Å². The second-order valence-corrected chi connectivity index (χ2v) is 7.82. The van der Waals surface area contributed by atoms with Crippen molar-refractivity contribution in [3.05, 3.63) is 90.5 Å². The summed E-state index contributed by atoms with van der Waals surface area (Å²) in [6, 6.07) is 29.4. The summed E-state index contributed by atoms with van der Waals surface area (Å²) in [7, 11) is 0. The number of furan rings is 1. The third kappa shape index (κ3) is 1.93. The number of hydrogen-bond acceptors (Lipinski definition) is 2. The fourth-order valence-electron chi connectivity index (χ4n) is 4.66. The Labute approximate surface area is 171 Å². The molecule has 30 heavy (non-hydrogen) atoms. The van der Waals surface area contributed by atoms with Crippen LogP contribution in [0.25, 0.3) is 55.5 Å². The molecule has 4 nitrogen and oxygen atoms in total. The van der Waals surface area contributed by atoms with E-state index in [0.717, 1.165) is 55.5 Å². The molecule has 0 atom stereocenters. The molecule has 142 valence electrons. The maximum absolute atomic E-state index is 6.35. The second kappa shape index (κ2) is 5.51. The predicted molar refractivity (Wildman–Crippen MR) is 122 cm³/mol. The fraction of sp³-hybridized carbons (Fsp3) is 0.0385. The molecule has 3 aromatic heterocycles. The molecule has 0 saturated heterocycles. The Kier molecular flexibility index (Phi) is 2.91. The van der Waals surface area contributed by atoms with E-state index < -0.39 is 0 Å². The first-order valence-electron chi connectivity index (χ1n) is 10.1. The van der Waals surface area contributed by atoms with Crippen molar-refractivity contribution in [1.29, 1.82) is 0 Å². The minimum absolute atomic E-state index is 0.880. The molecule has 0 aliphatic rings. The average molecular weight is 387 g/mol. The van der Waals surface area contributed by atoms with Gasteiger partial charge in [-0.15, -0.1) is 0 Å². The standard InChI is InChI=1S/C26H17N3O/c1-16-13-14-21-23(15-16)28-20-10-4-3-9-19(20)27-26(28)29(21)22-11-6-8-18-17-7-2-5-12-24(17)30-25(18)22/h2-15H,1H3. The second-order valence-electron chi connectivity index (χ2n) is 7.82. The Morgan fingerprint density at radius 3 is 2.53 bits per heavy atom. The SMILES string of the molecule is Cc1ccc2c(c1)n1c3ccccc3nc1n2-c1cccc2c1oc1ccccc12. The molecule has 0 aliphatic carbocycles. The van der Waals surface area contributed by atoms with Crippen LogP contribution in [0.2, 0.25) is 0 Å². The number of para-hydroxylation sites is 4. The van der Waals surface area contributed by atoms with Gasteiger partial charge >= 0.3 is 0 Å². The number of aromatic nitrogens is 3. The van der Waals surface area contributed by atoms with Gasteiger partial charge in [-0.1, -0.05) is 48.5 Å². The van der Waals surface area contributed by atoms with Crippen molar-refractivity contribution in [3.8, 4) is 5.69 Å². The molecular weight excluding hydrogens is 370 g/mol. The van der Waals surface area contributed by atoms with Crippen LogP contribution in [0.5, 0.6) is 0 Å². The Bertz CT molecular complexity index is 1760. The zero-order chi connectivity index (χ0) is 19.8. The summed E-state index contributed by atoms with van der Waals surface area (Å²) in [6.45, 7) is 2.13. The zero-order valence-electron chi connectivity index (χ0n) is 16.3. The van der Waals surface area contributed by atoms with Crippen LogP contribution in [0.1, 0.15) is 5.56 Å². The minimum Gasteiger partial charge on any atom is -0.454 e. The normalized spacial score (nSPS) is 12.2. The molecule has 0 radical (unpaired) electrons. The van der Waals surface area contributed by atoms with Crippen molar-refractivity contribution in [1.82, 2.24) is 14.0 Å². The summed E-state index contributed by atoms with van der Waals surface area (Å²) in [5, 5.41) is 2.25. The first-order chi connectivity index (χ1) is 14.8. The van der Waals surface area contributed by atoms with Gasteiger partial charge in [-0.05, 0) is 48.9 Å². The Morgan fingerprint density at radius 2 is 1.57 bits per heavy atom. The Balaban J connectivity index is 1.72. The van der Waals surface area contributed by atoms with Crippen molar-refractivity contribution >= 4 is 49.8 Å².